The van der Waals surface area contributed by atoms with Gasteiger partial charge >= 0.3 is 5.97 Å². The van der Waals surface area contributed by atoms with Gasteiger partial charge in [0.1, 0.15) is 6.10 Å². The lowest BCUT2D eigenvalue weighted by Gasteiger charge is -2.24. The van der Waals surface area contributed by atoms with E-state index in [2.05, 4.69) is 50.4 Å². The summed E-state index contributed by atoms with van der Waals surface area (Å²) in [6, 6.07) is -0.694. The molecule has 0 saturated carbocycles. The Kier molecular flexibility index (Phi) is 38.3. The Labute approximate surface area is 316 Å². The fourth-order valence-electron chi connectivity index (χ4n) is 6.70. The molecular formula is C45H85NO5. The number of unbranched alkanes of at least 4 members (excludes halogenated alkanes) is 23. The number of amides is 1. The zero-order valence-electron chi connectivity index (χ0n) is 34.0. The smallest absolute Gasteiger partial charge is 0.306 e. The monoisotopic (exact) mass is 720 g/mol. The molecule has 6 heteroatoms. The Bertz CT molecular complexity index is 812. The van der Waals surface area contributed by atoms with E-state index >= 15 is 0 Å². The van der Waals surface area contributed by atoms with Crippen LogP contribution >= 0.6 is 0 Å². The average Bonchev–Trinajstić information content (AvgIpc) is 3.12. The van der Waals surface area contributed by atoms with Gasteiger partial charge in [-0.1, -0.05) is 186 Å². The summed E-state index contributed by atoms with van der Waals surface area (Å²) in [5.74, 6) is -0.480. The molecule has 0 aromatic heterocycles. The molecule has 0 aliphatic rings. The molecular weight excluding hydrogens is 634 g/mol. The molecule has 0 heterocycles. The number of hydrogen-bond acceptors (Lipinski definition) is 5. The third-order valence-corrected chi connectivity index (χ3v) is 10.0. The number of nitrogens with one attached hydrogen (secondary N) is 1. The average molecular weight is 720 g/mol. The molecule has 0 bridgehead atoms. The van der Waals surface area contributed by atoms with Crippen LogP contribution in [0.5, 0.6) is 0 Å². The molecule has 0 aliphatic heterocycles. The highest BCUT2D eigenvalue weighted by atomic mass is 16.5. The third-order valence-electron chi connectivity index (χ3n) is 10.0. The Balaban J connectivity index is 4.53. The molecule has 1 amide bonds. The number of ether oxygens (including phenoxy) is 1. The molecule has 6 nitrogen and oxygen atoms in total. The Hall–Kier alpha value is -1.66. The molecule has 0 saturated heterocycles. The minimum atomic E-state index is -0.781. The highest BCUT2D eigenvalue weighted by Crippen LogP contribution is 2.17. The predicted molar refractivity (Wildman–Crippen MR) is 218 cm³/mol. The summed E-state index contributed by atoms with van der Waals surface area (Å²) in [4.78, 5) is 25.9. The van der Waals surface area contributed by atoms with Crippen molar-refractivity contribution in [2.45, 2.75) is 244 Å². The van der Waals surface area contributed by atoms with Crippen LogP contribution in [0.1, 0.15) is 226 Å². The Morgan fingerprint density at radius 3 is 1.59 bits per heavy atom. The van der Waals surface area contributed by atoms with Crippen molar-refractivity contribution in [1.82, 2.24) is 5.32 Å². The second-order valence-electron chi connectivity index (χ2n) is 15.1. The van der Waals surface area contributed by atoms with Gasteiger partial charge in [0.15, 0.2) is 0 Å². The van der Waals surface area contributed by atoms with Crippen LogP contribution in [-0.4, -0.2) is 46.9 Å². The van der Waals surface area contributed by atoms with Gasteiger partial charge in [0.05, 0.1) is 25.2 Å². The molecule has 0 spiro atoms. The molecule has 0 rings (SSSR count). The van der Waals surface area contributed by atoms with Gasteiger partial charge in [0.2, 0.25) is 5.91 Å². The minimum absolute atomic E-state index is 0.0780. The van der Waals surface area contributed by atoms with E-state index in [1.165, 1.54) is 109 Å². The van der Waals surface area contributed by atoms with Crippen molar-refractivity contribution in [2.24, 2.45) is 0 Å². The number of esters is 1. The van der Waals surface area contributed by atoms with Crippen molar-refractivity contribution in [3.8, 4) is 0 Å². The zero-order chi connectivity index (χ0) is 37.5. The Morgan fingerprint density at radius 2 is 1.06 bits per heavy atom. The van der Waals surface area contributed by atoms with Gasteiger partial charge in [-0.25, -0.2) is 0 Å². The molecule has 0 radical (unpaired) electrons. The van der Waals surface area contributed by atoms with Gasteiger partial charge in [-0.15, -0.1) is 0 Å². The van der Waals surface area contributed by atoms with Crippen LogP contribution in [-0.2, 0) is 14.3 Å². The van der Waals surface area contributed by atoms with Crippen LogP contribution in [0.2, 0.25) is 0 Å². The minimum Gasteiger partial charge on any atom is -0.462 e. The number of allylic oxidation sites excluding steroid dienone is 4. The highest BCUT2D eigenvalue weighted by Gasteiger charge is 2.24. The lowest BCUT2D eigenvalue weighted by molar-refractivity contribution is -0.151. The molecule has 3 atom stereocenters. The van der Waals surface area contributed by atoms with Gasteiger partial charge in [-0.05, 0) is 51.4 Å². The van der Waals surface area contributed by atoms with Gasteiger partial charge in [0.25, 0.3) is 0 Å². The zero-order valence-corrected chi connectivity index (χ0v) is 34.0. The highest BCUT2D eigenvalue weighted by molar-refractivity contribution is 5.77. The number of aliphatic hydroxyl groups is 2. The van der Waals surface area contributed by atoms with E-state index in [9.17, 15) is 19.8 Å². The van der Waals surface area contributed by atoms with Crippen LogP contribution in [0.25, 0.3) is 0 Å². The summed E-state index contributed by atoms with van der Waals surface area (Å²) in [6.07, 6.45) is 42.4. The van der Waals surface area contributed by atoms with Gasteiger partial charge < -0.3 is 20.3 Å². The van der Waals surface area contributed by atoms with Gasteiger partial charge in [0, 0.05) is 6.42 Å². The van der Waals surface area contributed by atoms with E-state index in [1.807, 2.05) is 0 Å². The van der Waals surface area contributed by atoms with E-state index in [1.54, 1.807) is 0 Å². The molecule has 3 N–H and O–H groups in total. The van der Waals surface area contributed by atoms with E-state index < -0.39 is 18.2 Å². The van der Waals surface area contributed by atoms with Crippen molar-refractivity contribution in [3.05, 3.63) is 24.3 Å². The molecule has 0 aliphatic carbocycles. The van der Waals surface area contributed by atoms with Gasteiger partial charge in [-0.2, -0.15) is 0 Å². The summed E-state index contributed by atoms with van der Waals surface area (Å²) in [6.45, 7) is 6.33. The second-order valence-corrected chi connectivity index (χ2v) is 15.1. The SMILES string of the molecule is CC/C=C/C/C=C/CCCCCCCCCC(=O)OC(CCCCCCCCCCC)CC(=O)NC(CO)C(O)CCCCCCCCCCC. The van der Waals surface area contributed by atoms with Crippen LogP contribution in [0.3, 0.4) is 0 Å². The number of carbonyl (C=O) groups is 2. The second kappa shape index (κ2) is 39.5. The summed E-state index contributed by atoms with van der Waals surface area (Å²) >= 11 is 0. The Morgan fingerprint density at radius 1 is 0.588 bits per heavy atom. The number of aliphatic hydroxyl groups excluding tert-OH is 2. The largest absolute Gasteiger partial charge is 0.462 e. The van der Waals surface area contributed by atoms with Crippen LogP contribution in [0, 0.1) is 0 Å². The van der Waals surface area contributed by atoms with E-state index in [-0.39, 0.29) is 24.9 Å². The van der Waals surface area contributed by atoms with Crippen molar-refractivity contribution < 1.29 is 24.5 Å². The fraction of sp³-hybridized carbons (Fsp3) is 0.867. The predicted octanol–water partition coefficient (Wildman–Crippen LogP) is 12.4. The van der Waals surface area contributed by atoms with Crippen molar-refractivity contribution in [2.75, 3.05) is 6.61 Å². The van der Waals surface area contributed by atoms with Crippen LogP contribution < -0.4 is 5.32 Å². The first-order valence-corrected chi connectivity index (χ1v) is 22.1. The van der Waals surface area contributed by atoms with Crippen LogP contribution in [0.15, 0.2) is 24.3 Å². The molecule has 51 heavy (non-hydrogen) atoms. The fourth-order valence-corrected chi connectivity index (χ4v) is 6.70. The first kappa shape index (κ1) is 49.3. The maximum absolute atomic E-state index is 13.1. The van der Waals surface area contributed by atoms with Crippen LogP contribution in [0.4, 0.5) is 0 Å². The molecule has 0 fully saturated rings. The summed E-state index contributed by atoms with van der Waals surface area (Å²) < 4.78 is 5.88. The lowest BCUT2D eigenvalue weighted by atomic mass is 10.0. The topological polar surface area (TPSA) is 95.9 Å². The number of hydrogen-bond donors (Lipinski definition) is 3. The normalized spacial score (nSPS) is 13.6. The lowest BCUT2D eigenvalue weighted by Crippen LogP contribution is -2.46. The molecule has 3 unspecified atom stereocenters. The quantitative estimate of drug-likeness (QED) is 0.0334. The number of rotatable bonds is 39. The standard InChI is InChI=1S/C45H85NO5/c1-4-7-10-13-16-19-20-21-22-23-26-29-32-35-38-45(50)51-41(36-33-30-27-24-17-14-11-8-5-2)39-44(49)46-42(40-47)43(48)37-34-31-28-25-18-15-12-9-6-3/h7,10,16,19,41-43,47-48H,4-6,8-9,11-15,17-18,20-40H2,1-3H3,(H,46,49)/b10-7+,19-16+. The molecule has 0 aromatic carbocycles. The molecule has 300 valence electrons. The van der Waals surface area contributed by atoms with Crippen molar-refractivity contribution in [1.29, 1.82) is 0 Å². The molecule has 0 aromatic rings. The van der Waals surface area contributed by atoms with Crippen molar-refractivity contribution >= 4 is 11.9 Å². The third kappa shape index (κ3) is 35.2. The van der Waals surface area contributed by atoms with Crippen molar-refractivity contribution in [3.63, 3.8) is 0 Å². The maximum atomic E-state index is 13.1. The van der Waals surface area contributed by atoms with Gasteiger partial charge in [-0.3, -0.25) is 9.59 Å². The summed E-state index contributed by atoms with van der Waals surface area (Å²) in [5, 5.41) is 23.5. The first-order chi connectivity index (χ1) is 25.0. The number of carbonyl (C=O) groups excluding carboxylic acids is 2. The maximum Gasteiger partial charge on any atom is 0.306 e. The summed E-state index contributed by atoms with van der Waals surface area (Å²) in [5.41, 5.74) is 0. The summed E-state index contributed by atoms with van der Waals surface area (Å²) in [7, 11) is 0. The van der Waals surface area contributed by atoms with E-state index in [0.29, 0.717) is 19.3 Å². The van der Waals surface area contributed by atoms with E-state index in [4.69, 9.17) is 4.74 Å². The van der Waals surface area contributed by atoms with E-state index in [0.717, 1.165) is 70.6 Å². The first-order valence-electron chi connectivity index (χ1n) is 22.1.